The summed E-state index contributed by atoms with van der Waals surface area (Å²) >= 11 is 0. The van der Waals surface area contributed by atoms with Crippen molar-refractivity contribution >= 4 is 5.69 Å². The first-order valence-corrected chi connectivity index (χ1v) is 7.81. The number of benzene rings is 1. The number of rotatable bonds is 9. The first-order chi connectivity index (χ1) is 9.65. The summed E-state index contributed by atoms with van der Waals surface area (Å²) < 4.78 is 5.75. The van der Waals surface area contributed by atoms with Crippen molar-refractivity contribution in [1.82, 2.24) is 4.90 Å². The van der Waals surface area contributed by atoms with E-state index < -0.39 is 0 Å². The van der Waals surface area contributed by atoms with Crippen LogP contribution in [-0.4, -0.2) is 30.7 Å². The van der Waals surface area contributed by atoms with Gasteiger partial charge in [0, 0.05) is 31.4 Å². The molecule has 0 radical (unpaired) electrons. The van der Waals surface area contributed by atoms with Crippen molar-refractivity contribution in [1.29, 1.82) is 0 Å². The van der Waals surface area contributed by atoms with Crippen molar-refractivity contribution in [3.63, 3.8) is 0 Å². The molecule has 20 heavy (non-hydrogen) atoms. The molecule has 112 valence electrons. The summed E-state index contributed by atoms with van der Waals surface area (Å²) in [5.74, 6) is 0.724. The standard InChI is InChI=1S/C17H28N2O/c1-14(2)8-10-20-11-9-19(17-6-7-17)13-15-4-3-5-16(18)12-15/h3-5,12,14,17H,6-11,13,18H2,1-2H3. The van der Waals surface area contributed by atoms with Gasteiger partial charge in [-0.15, -0.1) is 0 Å². The number of hydrogen-bond donors (Lipinski definition) is 1. The number of nitrogens with zero attached hydrogens (tertiary/aromatic N) is 1. The molecule has 3 nitrogen and oxygen atoms in total. The van der Waals surface area contributed by atoms with Crippen LogP contribution in [-0.2, 0) is 11.3 Å². The molecule has 0 bridgehead atoms. The summed E-state index contributed by atoms with van der Waals surface area (Å²) in [7, 11) is 0. The molecule has 0 aromatic heterocycles. The fourth-order valence-electron chi connectivity index (χ4n) is 2.36. The van der Waals surface area contributed by atoms with Crippen molar-refractivity contribution in [2.24, 2.45) is 5.92 Å². The fourth-order valence-corrected chi connectivity index (χ4v) is 2.36. The molecule has 1 aromatic rings. The smallest absolute Gasteiger partial charge is 0.0593 e. The second kappa shape index (κ2) is 7.65. The molecule has 0 saturated heterocycles. The van der Waals surface area contributed by atoms with Crippen LogP contribution in [0.3, 0.4) is 0 Å². The topological polar surface area (TPSA) is 38.5 Å². The third-order valence-corrected chi connectivity index (χ3v) is 3.76. The molecule has 0 atom stereocenters. The molecule has 1 fully saturated rings. The Morgan fingerprint density at radius 3 is 2.75 bits per heavy atom. The maximum absolute atomic E-state index is 5.85. The lowest BCUT2D eigenvalue weighted by atomic mass is 10.1. The van der Waals surface area contributed by atoms with Gasteiger partial charge in [-0.25, -0.2) is 0 Å². The Labute approximate surface area is 123 Å². The Balaban J connectivity index is 1.73. The lowest BCUT2D eigenvalue weighted by molar-refractivity contribution is 0.0912. The van der Waals surface area contributed by atoms with Crippen LogP contribution in [0.1, 0.15) is 38.7 Å². The molecular formula is C17H28N2O. The number of nitrogen functional groups attached to an aromatic ring is 1. The van der Waals surface area contributed by atoms with Gasteiger partial charge in [0.25, 0.3) is 0 Å². The molecular weight excluding hydrogens is 248 g/mol. The van der Waals surface area contributed by atoms with Crippen LogP contribution < -0.4 is 5.73 Å². The maximum atomic E-state index is 5.85. The van der Waals surface area contributed by atoms with Crippen molar-refractivity contribution < 1.29 is 4.74 Å². The van der Waals surface area contributed by atoms with Crippen LogP contribution in [0.4, 0.5) is 5.69 Å². The number of hydrogen-bond acceptors (Lipinski definition) is 3. The van der Waals surface area contributed by atoms with E-state index in [9.17, 15) is 0 Å². The van der Waals surface area contributed by atoms with Crippen LogP contribution in [0.5, 0.6) is 0 Å². The second-order valence-corrected chi connectivity index (χ2v) is 6.24. The van der Waals surface area contributed by atoms with E-state index in [1.165, 1.54) is 18.4 Å². The van der Waals surface area contributed by atoms with Crippen LogP contribution in [0.25, 0.3) is 0 Å². The minimum absolute atomic E-state index is 0.724. The van der Waals surface area contributed by atoms with E-state index in [2.05, 4.69) is 30.9 Å². The van der Waals surface area contributed by atoms with Gasteiger partial charge in [-0.05, 0) is 42.9 Å². The van der Waals surface area contributed by atoms with E-state index in [1.54, 1.807) is 0 Å². The van der Waals surface area contributed by atoms with E-state index in [0.717, 1.165) is 50.4 Å². The van der Waals surface area contributed by atoms with E-state index in [0.29, 0.717) is 0 Å². The highest BCUT2D eigenvalue weighted by atomic mass is 16.5. The SMILES string of the molecule is CC(C)CCOCCN(Cc1cccc(N)c1)C1CC1. The van der Waals surface area contributed by atoms with Crippen molar-refractivity contribution in [3.8, 4) is 0 Å². The summed E-state index contributed by atoms with van der Waals surface area (Å²) in [6.07, 6.45) is 3.81. The highest BCUT2D eigenvalue weighted by Gasteiger charge is 2.28. The molecule has 1 aliphatic rings. The van der Waals surface area contributed by atoms with E-state index in [-0.39, 0.29) is 0 Å². The molecule has 1 aliphatic carbocycles. The Hall–Kier alpha value is -1.06. The molecule has 3 heteroatoms. The van der Waals surface area contributed by atoms with Gasteiger partial charge in [-0.2, -0.15) is 0 Å². The predicted octanol–water partition coefficient (Wildman–Crippen LogP) is 3.30. The van der Waals surface area contributed by atoms with Gasteiger partial charge in [-0.1, -0.05) is 26.0 Å². The predicted molar refractivity (Wildman–Crippen MR) is 84.6 cm³/mol. The zero-order chi connectivity index (χ0) is 14.4. The van der Waals surface area contributed by atoms with Gasteiger partial charge in [0.2, 0.25) is 0 Å². The zero-order valence-electron chi connectivity index (χ0n) is 12.8. The van der Waals surface area contributed by atoms with Crippen LogP contribution in [0.15, 0.2) is 24.3 Å². The molecule has 1 aromatic carbocycles. The third kappa shape index (κ3) is 5.51. The third-order valence-electron chi connectivity index (χ3n) is 3.76. The lowest BCUT2D eigenvalue weighted by Crippen LogP contribution is -2.29. The van der Waals surface area contributed by atoms with Gasteiger partial charge in [0.05, 0.1) is 6.61 Å². The monoisotopic (exact) mass is 276 g/mol. The average Bonchev–Trinajstić information content (AvgIpc) is 3.21. The van der Waals surface area contributed by atoms with E-state index in [4.69, 9.17) is 10.5 Å². The minimum Gasteiger partial charge on any atom is -0.399 e. The summed E-state index contributed by atoms with van der Waals surface area (Å²) in [6, 6.07) is 8.97. The van der Waals surface area contributed by atoms with Gasteiger partial charge >= 0.3 is 0 Å². The molecule has 0 aliphatic heterocycles. The maximum Gasteiger partial charge on any atom is 0.0593 e. The van der Waals surface area contributed by atoms with Crippen LogP contribution in [0.2, 0.25) is 0 Å². The number of ether oxygens (including phenoxy) is 1. The summed E-state index contributed by atoms with van der Waals surface area (Å²) in [5.41, 5.74) is 8.01. The molecule has 0 unspecified atom stereocenters. The van der Waals surface area contributed by atoms with Crippen molar-refractivity contribution in [2.45, 2.75) is 45.7 Å². The van der Waals surface area contributed by atoms with Crippen LogP contribution in [0, 0.1) is 5.92 Å². The summed E-state index contributed by atoms with van der Waals surface area (Å²) in [4.78, 5) is 2.53. The van der Waals surface area contributed by atoms with Gasteiger partial charge in [0.15, 0.2) is 0 Å². The minimum atomic E-state index is 0.724. The largest absolute Gasteiger partial charge is 0.399 e. The molecule has 2 rings (SSSR count). The van der Waals surface area contributed by atoms with Gasteiger partial charge < -0.3 is 10.5 Å². The Morgan fingerprint density at radius 2 is 2.10 bits per heavy atom. The van der Waals surface area contributed by atoms with Gasteiger partial charge in [-0.3, -0.25) is 4.90 Å². The number of anilines is 1. The Morgan fingerprint density at radius 1 is 1.30 bits per heavy atom. The number of nitrogens with two attached hydrogens (primary N) is 1. The molecule has 0 amide bonds. The van der Waals surface area contributed by atoms with E-state index >= 15 is 0 Å². The quantitative estimate of drug-likeness (QED) is 0.555. The average molecular weight is 276 g/mol. The molecule has 1 saturated carbocycles. The summed E-state index contributed by atoms with van der Waals surface area (Å²) in [5, 5.41) is 0. The molecule has 0 heterocycles. The Kier molecular flexibility index (Phi) is 5.86. The molecule has 0 spiro atoms. The highest BCUT2D eigenvalue weighted by molar-refractivity contribution is 5.40. The van der Waals surface area contributed by atoms with Crippen LogP contribution >= 0.6 is 0 Å². The first-order valence-electron chi connectivity index (χ1n) is 7.81. The Bertz CT molecular complexity index is 402. The first kappa shape index (κ1) is 15.3. The highest BCUT2D eigenvalue weighted by Crippen LogP contribution is 2.28. The lowest BCUT2D eigenvalue weighted by Gasteiger charge is -2.22. The molecule has 2 N–H and O–H groups in total. The van der Waals surface area contributed by atoms with E-state index in [1.807, 2.05) is 12.1 Å². The van der Waals surface area contributed by atoms with Crippen molar-refractivity contribution in [3.05, 3.63) is 29.8 Å². The summed E-state index contributed by atoms with van der Waals surface area (Å²) in [6.45, 7) is 8.21. The second-order valence-electron chi connectivity index (χ2n) is 6.24. The van der Waals surface area contributed by atoms with Crippen molar-refractivity contribution in [2.75, 3.05) is 25.5 Å². The fraction of sp³-hybridized carbons (Fsp3) is 0.647. The zero-order valence-corrected chi connectivity index (χ0v) is 12.8. The van der Waals surface area contributed by atoms with Gasteiger partial charge in [0.1, 0.15) is 0 Å². The normalized spacial score (nSPS) is 15.2.